The van der Waals surface area contributed by atoms with Gasteiger partial charge in [0.25, 0.3) is 0 Å². The molecule has 0 unspecified atom stereocenters. The van der Waals surface area contributed by atoms with Gasteiger partial charge in [-0.3, -0.25) is 4.98 Å². The van der Waals surface area contributed by atoms with Crippen molar-refractivity contribution in [2.75, 3.05) is 20.1 Å². The van der Waals surface area contributed by atoms with E-state index in [1.807, 2.05) is 30.5 Å². The van der Waals surface area contributed by atoms with Crippen LogP contribution in [0.2, 0.25) is 0 Å². The van der Waals surface area contributed by atoms with Crippen LogP contribution in [0, 0.1) is 23.7 Å². The van der Waals surface area contributed by atoms with E-state index in [2.05, 4.69) is 77.0 Å². The third-order valence-electron chi connectivity index (χ3n) is 11.2. The molecule has 3 aromatic rings. The molecule has 0 radical (unpaired) electrons. The van der Waals surface area contributed by atoms with Crippen LogP contribution in [0.25, 0.3) is 0 Å². The monoisotopic (exact) mass is 638 g/mol. The Bertz CT molecular complexity index is 1450. The lowest BCUT2D eigenvalue weighted by Gasteiger charge is -2.56. The van der Waals surface area contributed by atoms with E-state index in [1.54, 1.807) is 0 Å². The second kappa shape index (κ2) is 14.0. The van der Waals surface area contributed by atoms with Crippen molar-refractivity contribution in [1.82, 2.24) is 20.5 Å². The van der Waals surface area contributed by atoms with Crippen LogP contribution >= 0.6 is 0 Å². The van der Waals surface area contributed by atoms with E-state index in [9.17, 15) is 9.90 Å². The van der Waals surface area contributed by atoms with Gasteiger partial charge in [-0.1, -0.05) is 61.5 Å². The van der Waals surface area contributed by atoms with E-state index in [-0.39, 0.29) is 36.3 Å². The fourth-order valence-corrected chi connectivity index (χ4v) is 9.10. The van der Waals surface area contributed by atoms with Crippen LogP contribution in [-0.2, 0) is 29.0 Å². The number of urea groups is 1. The molecule has 4 aliphatic carbocycles. The van der Waals surface area contributed by atoms with Crippen LogP contribution in [0.1, 0.15) is 85.8 Å². The smallest absolute Gasteiger partial charge is 0.315 e. The van der Waals surface area contributed by atoms with Gasteiger partial charge in [-0.15, -0.1) is 0 Å². The number of carbonyl (C=O) groups excluding carboxylic acids is 1. The largest absolute Gasteiger partial charge is 0.392 e. The molecule has 250 valence electrons. The van der Waals surface area contributed by atoms with Crippen molar-refractivity contribution in [3.63, 3.8) is 0 Å². The summed E-state index contributed by atoms with van der Waals surface area (Å²) in [5, 5.41) is 16.1. The standard InChI is InChI=1S/C39H50N4O4/c1-26-35(24-43(2)16-14-34-5-3-4-15-40-34)46-37(47-36(26)32-10-8-28(25-44)9-11-32)33-12-6-27(7-13-33)23-41-38(45)42-39-20-29-17-30(21-39)19-31(18-29)22-39/h3-13,15,26,29-31,35-37,44H,14,16-25H2,1-2H3,(H2,41,42,45)/t26-,29?,30?,31?,35+,36+,37+,39?/m1/s1. The quantitative estimate of drug-likeness (QED) is 0.228. The van der Waals surface area contributed by atoms with Crippen molar-refractivity contribution >= 4 is 6.03 Å². The highest BCUT2D eigenvalue weighted by molar-refractivity contribution is 5.75. The van der Waals surface area contributed by atoms with Gasteiger partial charge in [-0.2, -0.15) is 0 Å². The zero-order valence-corrected chi connectivity index (χ0v) is 27.8. The normalized spacial score (nSPS) is 31.2. The van der Waals surface area contributed by atoms with Crippen LogP contribution in [0.4, 0.5) is 4.79 Å². The molecule has 4 bridgehead atoms. The molecule has 1 saturated heterocycles. The molecule has 8 nitrogen and oxygen atoms in total. The van der Waals surface area contributed by atoms with Crippen molar-refractivity contribution in [3.05, 3.63) is 101 Å². The van der Waals surface area contributed by atoms with Crippen molar-refractivity contribution in [3.8, 4) is 0 Å². The van der Waals surface area contributed by atoms with Gasteiger partial charge in [0.2, 0.25) is 0 Å². The fourth-order valence-electron chi connectivity index (χ4n) is 9.10. The maximum atomic E-state index is 13.0. The molecule has 1 aliphatic heterocycles. The molecule has 8 rings (SSSR count). The lowest BCUT2D eigenvalue weighted by molar-refractivity contribution is -0.275. The summed E-state index contributed by atoms with van der Waals surface area (Å²) < 4.78 is 13.3. The van der Waals surface area contributed by atoms with E-state index >= 15 is 0 Å². The summed E-state index contributed by atoms with van der Waals surface area (Å²) in [5.74, 6) is 2.51. The second-order valence-electron chi connectivity index (χ2n) is 14.9. The third kappa shape index (κ3) is 7.56. The highest BCUT2D eigenvalue weighted by Crippen LogP contribution is 2.55. The number of nitrogens with zero attached hydrogens (tertiary/aromatic N) is 2. The van der Waals surface area contributed by atoms with Gasteiger partial charge in [-0.05, 0) is 92.1 Å². The van der Waals surface area contributed by atoms with E-state index in [0.717, 1.165) is 84.5 Å². The number of hydrogen-bond donors (Lipinski definition) is 3. The summed E-state index contributed by atoms with van der Waals surface area (Å²) in [5.41, 5.74) is 5.05. The fraction of sp³-hybridized carbons (Fsp3) is 0.538. The van der Waals surface area contributed by atoms with Gasteiger partial charge in [0.15, 0.2) is 6.29 Å². The third-order valence-corrected chi connectivity index (χ3v) is 11.2. The predicted molar refractivity (Wildman–Crippen MR) is 181 cm³/mol. The Morgan fingerprint density at radius 1 is 0.915 bits per heavy atom. The predicted octanol–water partition coefficient (Wildman–Crippen LogP) is 6.31. The molecule has 8 heteroatoms. The average molecular weight is 639 g/mol. The number of hydrogen-bond acceptors (Lipinski definition) is 6. The maximum Gasteiger partial charge on any atom is 0.315 e. The van der Waals surface area contributed by atoms with Crippen LogP contribution in [0.5, 0.6) is 0 Å². The summed E-state index contributed by atoms with van der Waals surface area (Å²) in [7, 11) is 2.13. The first-order valence-electron chi connectivity index (χ1n) is 17.6. The van der Waals surface area contributed by atoms with Gasteiger partial charge < -0.3 is 30.1 Å². The molecule has 5 fully saturated rings. The topological polar surface area (TPSA) is 96.0 Å². The average Bonchev–Trinajstić information content (AvgIpc) is 3.07. The molecule has 1 aromatic heterocycles. The number of nitrogens with one attached hydrogen (secondary N) is 2. The van der Waals surface area contributed by atoms with Crippen molar-refractivity contribution in [1.29, 1.82) is 0 Å². The van der Waals surface area contributed by atoms with E-state index in [0.29, 0.717) is 6.54 Å². The molecule has 3 N–H and O–H groups in total. The number of aromatic nitrogens is 1. The lowest BCUT2D eigenvalue weighted by Crippen LogP contribution is -2.61. The number of likely N-dealkylation sites (N-methyl/N-ethyl adjacent to an activating group) is 1. The summed E-state index contributed by atoms with van der Waals surface area (Å²) in [6.07, 6.45) is 9.51. The molecule has 2 aromatic carbocycles. The molecule has 5 aliphatic rings. The molecular weight excluding hydrogens is 588 g/mol. The first kappa shape index (κ1) is 32.3. The minimum Gasteiger partial charge on any atom is -0.392 e. The van der Waals surface area contributed by atoms with Crippen molar-refractivity contribution < 1.29 is 19.4 Å². The summed E-state index contributed by atoms with van der Waals surface area (Å²) in [6.45, 7) is 4.33. The molecule has 47 heavy (non-hydrogen) atoms. The Labute approximate surface area is 279 Å². The lowest BCUT2D eigenvalue weighted by atomic mass is 9.53. The van der Waals surface area contributed by atoms with Gasteiger partial charge in [0, 0.05) is 55.0 Å². The zero-order chi connectivity index (χ0) is 32.4. The number of carbonyl (C=O) groups is 1. The molecule has 2 heterocycles. The molecular formula is C39H50N4O4. The van der Waals surface area contributed by atoms with Gasteiger partial charge in [-0.25, -0.2) is 4.79 Å². The first-order valence-corrected chi connectivity index (χ1v) is 17.6. The number of ether oxygens (including phenoxy) is 2. The molecule has 0 spiro atoms. The number of benzene rings is 2. The van der Waals surface area contributed by atoms with Crippen LogP contribution in [-0.4, -0.2) is 52.8 Å². The number of amides is 2. The number of aliphatic hydroxyl groups excluding tert-OH is 1. The molecule has 2 amide bonds. The zero-order valence-electron chi connectivity index (χ0n) is 27.8. The second-order valence-corrected chi connectivity index (χ2v) is 14.9. The molecule has 4 atom stereocenters. The maximum absolute atomic E-state index is 13.0. The Morgan fingerprint density at radius 3 is 2.21 bits per heavy atom. The Morgan fingerprint density at radius 2 is 1.57 bits per heavy atom. The summed E-state index contributed by atoms with van der Waals surface area (Å²) in [6, 6.07) is 22.3. The van der Waals surface area contributed by atoms with Crippen LogP contribution < -0.4 is 10.6 Å². The highest BCUT2D eigenvalue weighted by atomic mass is 16.7. The Kier molecular flexibility index (Phi) is 9.64. The number of rotatable bonds is 11. The molecule has 4 saturated carbocycles. The highest BCUT2D eigenvalue weighted by Gasteiger charge is 2.51. The Hall–Kier alpha value is -3.30. The van der Waals surface area contributed by atoms with E-state index < -0.39 is 6.29 Å². The van der Waals surface area contributed by atoms with Gasteiger partial charge in [0.1, 0.15) is 0 Å². The summed E-state index contributed by atoms with van der Waals surface area (Å²) in [4.78, 5) is 19.8. The summed E-state index contributed by atoms with van der Waals surface area (Å²) >= 11 is 0. The van der Waals surface area contributed by atoms with Crippen LogP contribution in [0.15, 0.2) is 72.9 Å². The Balaban J connectivity index is 0.991. The van der Waals surface area contributed by atoms with Gasteiger partial charge >= 0.3 is 6.03 Å². The number of aliphatic hydroxyl groups is 1. The van der Waals surface area contributed by atoms with E-state index in [4.69, 9.17) is 9.47 Å². The van der Waals surface area contributed by atoms with Crippen molar-refractivity contribution in [2.24, 2.45) is 23.7 Å². The van der Waals surface area contributed by atoms with Crippen LogP contribution in [0.3, 0.4) is 0 Å². The number of pyridine rings is 1. The minimum atomic E-state index is -0.524. The first-order chi connectivity index (χ1) is 22.8. The van der Waals surface area contributed by atoms with E-state index in [1.165, 1.54) is 19.3 Å². The van der Waals surface area contributed by atoms with Crippen molar-refractivity contribution in [2.45, 2.75) is 89.1 Å². The SMILES string of the molecule is C[C@@H]1[C@H](CN(C)CCc2ccccn2)O[C@H](c2ccc(CNC(=O)NC34CC5CC(CC(C5)C3)C4)cc2)O[C@@H]1c1ccc(CO)cc1. The minimum absolute atomic E-state index is 0.00743. The van der Waals surface area contributed by atoms with Gasteiger partial charge in [0.05, 0.1) is 18.8 Å².